The van der Waals surface area contributed by atoms with Crippen LogP contribution in [0.2, 0.25) is 0 Å². The molecule has 0 saturated carbocycles. The minimum Gasteiger partial charge on any atom is -0.454 e. The van der Waals surface area contributed by atoms with Crippen LogP contribution in [0, 0.1) is 25.2 Å². The third kappa shape index (κ3) is 2.52. The Morgan fingerprint density at radius 3 is 2.48 bits per heavy atom. The Hall–Kier alpha value is -3.12. The molecule has 0 aliphatic heterocycles. The first kappa shape index (κ1) is 17.3. The summed E-state index contributed by atoms with van der Waals surface area (Å²) >= 11 is 0. The monoisotopic (exact) mass is 355 g/mol. The van der Waals surface area contributed by atoms with Crippen molar-refractivity contribution in [2.45, 2.75) is 33.6 Å². The quantitative estimate of drug-likeness (QED) is 0.433. The fourth-order valence-electron chi connectivity index (χ4n) is 4.20. The molecular formula is C24H23N2O+. The zero-order valence-electron chi connectivity index (χ0n) is 16.4. The SMILES string of the molecule is Cc1ccc2c(oc3c(C#N)cc(C)c(C(C)C)c32)c1-c1cccc[n+]1C. The fraction of sp³-hybridized carbons (Fsp3) is 0.250. The average molecular weight is 355 g/mol. The van der Waals surface area contributed by atoms with Gasteiger partial charge in [0.15, 0.2) is 11.8 Å². The zero-order chi connectivity index (χ0) is 19.3. The highest BCUT2D eigenvalue weighted by Crippen LogP contribution is 2.42. The summed E-state index contributed by atoms with van der Waals surface area (Å²) in [5, 5.41) is 11.8. The predicted molar refractivity (Wildman–Crippen MR) is 109 cm³/mol. The van der Waals surface area contributed by atoms with Gasteiger partial charge in [-0.15, -0.1) is 0 Å². The van der Waals surface area contributed by atoms with E-state index in [4.69, 9.17) is 4.42 Å². The van der Waals surface area contributed by atoms with Crippen LogP contribution in [0.1, 0.15) is 42.0 Å². The molecule has 3 heteroatoms. The van der Waals surface area contributed by atoms with Gasteiger partial charge in [0.1, 0.15) is 18.7 Å². The van der Waals surface area contributed by atoms with Gasteiger partial charge in [-0.05, 0) is 48.6 Å². The maximum absolute atomic E-state index is 9.69. The molecule has 0 aliphatic carbocycles. The van der Waals surface area contributed by atoms with E-state index in [-0.39, 0.29) is 0 Å². The predicted octanol–water partition coefficient (Wildman–Crippen LogP) is 5.69. The van der Waals surface area contributed by atoms with Crippen LogP contribution in [-0.4, -0.2) is 0 Å². The molecule has 3 nitrogen and oxygen atoms in total. The molecule has 0 saturated heterocycles. The number of hydrogen-bond acceptors (Lipinski definition) is 2. The molecule has 0 amide bonds. The minimum absolute atomic E-state index is 0.346. The van der Waals surface area contributed by atoms with E-state index in [0.717, 1.165) is 38.7 Å². The molecule has 0 spiro atoms. The topological polar surface area (TPSA) is 40.8 Å². The molecule has 2 heterocycles. The van der Waals surface area contributed by atoms with Crippen molar-refractivity contribution in [3.05, 3.63) is 64.8 Å². The second-order valence-electron chi connectivity index (χ2n) is 7.56. The number of pyridine rings is 1. The average Bonchev–Trinajstić information content (AvgIpc) is 3.00. The normalized spacial score (nSPS) is 11.4. The zero-order valence-corrected chi connectivity index (χ0v) is 16.4. The number of aryl methyl sites for hydroxylation is 3. The van der Waals surface area contributed by atoms with E-state index >= 15 is 0 Å². The molecule has 134 valence electrons. The number of nitrogens with zero attached hydrogens (tertiary/aromatic N) is 2. The lowest BCUT2D eigenvalue weighted by Crippen LogP contribution is -2.30. The summed E-state index contributed by atoms with van der Waals surface area (Å²) in [7, 11) is 2.04. The molecule has 2 aromatic heterocycles. The van der Waals surface area contributed by atoms with Crippen molar-refractivity contribution in [2.24, 2.45) is 7.05 Å². The third-order valence-electron chi connectivity index (χ3n) is 5.38. The van der Waals surface area contributed by atoms with Crippen LogP contribution in [0.25, 0.3) is 33.2 Å². The highest BCUT2D eigenvalue weighted by molar-refractivity contribution is 6.12. The highest BCUT2D eigenvalue weighted by Gasteiger charge is 2.24. The molecule has 27 heavy (non-hydrogen) atoms. The summed E-state index contributed by atoms with van der Waals surface area (Å²) < 4.78 is 8.51. The van der Waals surface area contributed by atoms with Gasteiger partial charge < -0.3 is 4.42 Å². The van der Waals surface area contributed by atoms with Crippen molar-refractivity contribution in [1.29, 1.82) is 5.26 Å². The Kier molecular flexibility index (Phi) is 4.00. The Labute approximate surface area is 159 Å². The van der Waals surface area contributed by atoms with E-state index in [1.807, 2.05) is 31.4 Å². The molecule has 0 bridgehead atoms. The summed E-state index contributed by atoms with van der Waals surface area (Å²) in [6.45, 7) is 8.58. The first-order valence-corrected chi connectivity index (χ1v) is 9.28. The lowest BCUT2D eigenvalue weighted by Gasteiger charge is -2.12. The van der Waals surface area contributed by atoms with E-state index in [1.54, 1.807) is 0 Å². The smallest absolute Gasteiger partial charge is 0.216 e. The Balaban J connectivity index is 2.25. The number of rotatable bonds is 2. The van der Waals surface area contributed by atoms with Gasteiger partial charge in [0.25, 0.3) is 0 Å². The van der Waals surface area contributed by atoms with E-state index in [1.165, 1.54) is 5.56 Å². The van der Waals surface area contributed by atoms with E-state index in [2.05, 4.69) is 56.5 Å². The molecule has 0 atom stereocenters. The Morgan fingerprint density at radius 2 is 1.81 bits per heavy atom. The van der Waals surface area contributed by atoms with E-state index < -0.39 is 0 Å². The second-order valence-corrected chi connectivity index (χ2v) is 7.56. The van der Waals surface area contributed by atoms with Crippen LogP contribution in [-0.2, 0) is 7.05 Å². The van der Waals surface area contributed by atoms with Crippen molar-refractivity contribution in [3.63, 3.8) is 0 Å². The van der Waals surface area contributed by atoms with Gasteiger partial charge >= 0.3 is 0 Å². The van der Waals surface area contributed by atoms with Gasteiger partial charge in [-0.3, -0.25) is 0 Å². The van der Waals surface area contributed by atoms with Crippen LogP contribution in [0.4, 0.5) is 0 Å². The van der Waals surface area contributed by atoms with Crippen molar-refractivity contribution in [2.75, 3.05) is 0 Å². The van der Waals surface area contributed by atoms with Crippen molar-refractivity contribution in [1.82, 2.24) is 0 Å². The van der Waals surface area contributed by atoms with E-state index in [0.29, 0.717) is 17.1 Å². The van der Waals surface area contributed by atoms with Gasteiger partial charge in [-0.2, -0.15) is 5.26 Å². The van der Waals surface area contributed by atoms with Crippen LogP contribution < -0.4 is 4.57 Å². The third-order valence-corrected chi connectivity index (χ3v) is 5.38. The highest BCUT2D eigenvalue weighted by atomic mass is 16.3. The minimum atomic E-state index is 0.346. The van der Waals surface area contributed by atoms with Gasteiger partial charge in [-0.1, -0.05) is 26.0 Å². The number of fused-ring (bicyclic) bond motifs is 3. The molecule has 0 aliphatic rings. The largest absolute Gasteiger partial charge is 0.454 e. The molecule has 0 N–H and O–H groups in total. The fourth-order valence-corrected chi connectivity index (χ4v) is 4.20. The maximum atomic E-state index is 9.69. The van der Waals surface area contributed by atoms with Gasteiger partial charge in [0.05, 0.1) is 11.1 Å². The number of nitriles is 1. The number of hydrogen-bond donors (Lipinski definition) is 0. The Morgan fingerprint density at radius 1 is 1.04 bits per heavy atom. The summed E-state index contributed by atoms with van der Waals surface area (Å²) in [5.41, 5.74) is 7.90. The summed E-state index contributed by atoms with van der Waals surface area (Å²) in [6, 6.07) is 14.7. The van der Waals surface area contributed by atoms with Crippen LogP contribution in [0.3, 0.4) is 0 Å². The lowest BCUT2D eigenvalue weighted by atomic mass is 9.90. The molecular weight excluding hydrogens is 332 g/mol. The van der Waals surface area contributed by atoms with Gasteiger partial charge in [0.2, 0.25) is 5.69 Å². The summed E-state index contributed by atoms with van der Waals surface area (Å²) in [4.78, 5) is 0. The van der Waals surface area contributed by atoms with Crippen LogP contribution >= 0.6 is 0 Å². The molecule has 4 aromatic rings. The van der Waals surface area contributed by atoms with Gasteiger partial charge in [0, 0.05) is 22.9 Å². The second kappa shape index (κ2) is 6.25. The summed E-state index contributed by atoms with van der Waals surface area (Å²) in [5.74, 6) is 0.346. The molecule has 2 aromatic carbocycles. The van der Waals surface area contributed by atoms with Crippen LogP contribution in [0.5, 0.6) is 0 Å². The standard InChI is InChI=1S/C24H23N2O/c1-14(2)20-16(4)12-17(13-25)23-22(20)18-10-9-15(3)21(24(18)27-23)19-8-6-7-11-26(19)5/h6-12,14H,1-5H3/q+1. The molecule has 0 fully saturated rings. The number of furan rings is 1. The summed E-state index contributed by atoms with van der Waals surface area (Å²) in [6.07, 6.45) is 2.04. The maximum Gasteiger partial charge on any atom is 0.216 e. The Bertz CT molecular complexity index is 1240. The number of benzene rings is 2. The van der Waals surface area contributed by atoms with Crippen LogP contribution in [0.15, 0.2) is 47.0 Å². The van der Waals surface area contributed by atoms with Crippen molar-refractivity contribution < 1.29 is 8.98 Å². The molecule has 4 rings (SSSR count). The lowest BCUT2D eigenvalue weighted by molar-refractivity contribution is -0.660. The van der Waals surface area contributed by atoms with Gasteiger partial charge in [-0.25, -0.2) is 4.57 Å². The van der Waals surface area contributed by atoms with Crippen molar-refractivity contribution in [3.8, 4) is 17.3 Å². The number of aromatic nitrogens is 1. The van der Waals surface area contributed by atoms with Crippen molar-refractivity contribution >= 4 is 21.9 Å². The molecule has 0 unspecified atom stereocenters. The first-order valence-electron chi connectivity index (χ1n) is 9.28. The first-order chi connectivity index (χ1) is 12.9. The van der Waals surface area contributed by atoms with E-state index in [9.17, 15) is 5.26 Å². The molecule has 0 radical (unpaired) electrons.